The van der Waals surface area contributed by atoms with Crippen molar-refractivity contribution in [2.45, 2.75) is 128 Å². The molecule has 5 aliphatic heterocycles. The second-order valence-electron chi connectivity index (χ2n) is 24.4. The Hall–Kier alpha value is -6.91. The molecule has 12 rings (SSSR count). The van der Waals surface area contributed by atoms with E-state index in [9.17, 15) is 19.8 Å². The maximum atomic E-state index is 17.2. The predicted molar refractivity (Wildman–Crippen MR) is 321 cm³/mol. The van der Waals surface area contributed by atoms with Crippen molar-refractivity contribution in [1.29, 1.82) is 0 Å². The molecule has 0 spiro atoms. The van der Waals surface area contributed by atoms with Gasteiger partial charge in [0.2, 0.25) is 11.8 Å². The van der Waals surface area contributed by atoms with Crippen LogP contribution in [0.5, 0.6) is 11.8 Å². The van der Waals surface area contributed by atoms with E-state index >= 15 is 8.78 Å². The van der Waals surface area contributed by atoms with Crippen LogP contribution in [0.15, 0.2) is 76.9 Å². The molecule has 2 bridgehead atoms. The van der Waals surface area contributed by atoms with Gasteiger partial charge in [-0.25, -0.2) is 13.8 Å². The number of aryl methyl sites for hydroxylation is 2. The number of aliphatic hydroxyl groups excluding tert-OH is 1. The van der Waals surface area contributed by atoms with Gasteiger partial charge in [-0.2, -0.15) is 9.97 Å². The lowest BCUT2D eigenvalue weighted by atomic mass is 9.91. The van der Waals surface area contributed by atoms with Crippen molar-refractivity contribution in [2.24, 2.45) is 5.92 Å². The molecule has 4 aromatic heterocycles. The molecular weight excluding hydrogens is 1090 g/mol. The highest BCUT2D eigenvalue weighted by molar-refractivity contribution is 7.13. The van der Waals surface area contributed by atoms with Crippen molar-refractivity contribution in [3.8, 4) is 33.5 Å². The first-order valence-electron chi connectivity index (χ1n) is 29.9. The molecule has 2 amide bonds. The molecule has 7 aromatic rings. The lowest BCUT2D eigenvalue weighted by Crippen LogP contribution is -2.56. The fourth-order valence-corrected chi connectivity index (χ4v) is 14.5. The summed E-state index contributed by atoms with van der Waals surface area (Å²) in [4.78, 5) is 58.4. The number of fused-ring (bicyclic) bond motifs is 4. The van der Waals surface area contributed by atoms with Gasteiger partial charge in [0.15, 0.2) is 17.4 Å². The number of phenols is 1. The number of rotatable bonds is 17. The zero-order valence-corrected chi connectivity index (χ0v) is 49.5. The first-order chi connectivity index (χ1) is 40.5. The number of hydrogen-bond donors (Lipinski definition) is 4. The molecule has 18 nitrogen and oxygen atoms in total. The fourth-order valence-electron chi connectivity index (χ4n) is 13.7. The standard InChI is InChI=1S/C63H76F2N12O6S/c1-7-40-9-8-10-43-25-46(78)26-48(54(40)43)56-55(64)57-49(29-66-56)59(75-31-44-15-16-45(32-75)69-44)71-62(70-57)82-24-23-73-19-17-63(65,18-20-73)34-74-21-22-76(37(4)30-74)52-28-51(83-72-52)53(36(2)3)61(81)77-33-47(79)27-50(77)60(80)68-38(5)41-11-13-42(14-12-41)58-39(6)67-35-84-58/h8-14,25-26,28-29,35-38,44-45,47,50,53,69,78-79H,7,15-24,27,30-34H2,1-6H3,(H,68,80)/t37-,38?,44?,45?,47-,50+,53?/m1/s1. The molecule has 5 aliphatic rings. The molecule has 0 radical (unpaired) electrons. The first-order valence-corrected chi connectivity index (χ1v) is 30.8. The van der Waals surface area contributed by atoms with Crippen LogP contribution in [-0.2, 0) is 16.0 Å². The number of nitrogens with zero attached hydrogens (tertiary/aromatic N) is 10. The second-order valence-corrected chi connectivity index (χ2v) is 25.2. The van der Waals surface area contributed by atoms with E-state index in [0.29, 0.717) is 119 Å². The largest absolute Gasteiger partial charge is 0.508 e. The number of aromatic nitrogens is 5. The Morgan fingerprint density at radius 3 is 2.45 bits per heavy atom. The van der Waals surface area contributed by atoms with Crippen LogP contribution >= 0.6 is 11.3 Å². The molecule has 5 saturated heterocycles. The number of piperazine rings is 2. The van der Waals surface area contributed by atoms with Gasteiger partial charge in [-0.3, -0.25) is 24.4 Å². The van der Waals surface area contributed by atoms with Crippen LogP contribution in [0.25, 0.3) is 43.4 Å². The van der Waals surface area contributed by atoms with Gasteiger partial charge in [0.1, 0.15) is 47.0 Å². The lowest BCUT2D eigenvalue weighted by molar-refractivity contribution is -0.141. The van der Waals surface area contributed by atoms with E-state index in [-0.39, 0.29) is 72.4 Å². The minimum atomic E-state index is -1.38. The summed E-state index contributed by atoms with van der Waals surface area (Å²) in [6, 6.07) is 18.4. The van der Waals surface area contributed by atoms with Crippen molar-refractivity contribution >= 4 is 56.5 Å². The number of phenolic OH excluding ortho intramolecular Hbond substituents is 1. The molecule has 21 heteroatoms. The van der Waals surface area contributed by atoms with E-state index in [1.54, 1.807) is 29.7 Å². The zero-order valence-electron chi connectivity index (χ0n) is 48.7. The number of β-amino-alcohol motifs (C(OH)–C–C–N with tert-alkyl or cyclic N) is 1. The Labute approximate surface area is 492 Å². The molecule has 4 unspecified atom stereocenters. The van der Waals surface area contributed by atoms with Crippen molar-refractivity contribution in [3.63, 3.8) is 0 Å². The summed E-state index contributed by atoms with van der Waals surface area (Å²) in [5, 5.41) is 35.0. The summed E-state index contributed by atoms with van der Waals surface area (Å²) >= 11 is 1.58. The third-order valence-corrected chi connectivity index (χ3v) is 19.1. The monoisotopic (exact) mass is 1170 g/mol. The van der Waals surface area contributed by atoms with Gasteiger partial charge >= 0.3 is 6.01 Å². The molecule has 4 N–H and O–H groups in total. The number of hydrogen-bond acceptors (Lipinski definition) is 17. The van der Waals surface area contributed by atoms with Crippen LogP contribution in [0.1, 0.15) is 101 Å². The molecule has 7 atom stereocenters. The number of likely N-dealkylation sites (tertiary alicyclic amines) is 2. The Balaban J connectivity index is 0.652. The Morgan fingerprint density at radius 1 is 0.964 bits per heavy atom. The normalized spacial score (nSPS) is 22.8. The zero-order chi connectivity index (χ0) is 58.6. The summed E-state index contributed by atoms with van der Waals surface area (Å²) in [6.45, 7) is 17.3. The van der Waals surface area contributed by atoms with Gasteiger partial charge in [0.05, 0.1) is 33.6 Å². The summed E-state index contributed by atoms with van der Waals surface area (Å²) in [5.74, 6) is -0.581. The van der Waals surface area contributed by atoms with E-state index < -0.39 is 29.5 Å². The predicted octanol–water partition coefficient (Wildman–Crippen LogP) is 8.59. The number of benzene rings is 3. The number of alkyl halides is 1. The topological polar surface area (TPSA) is 202 Å². The van der Waals surface area contributed by atoms with Crippen LogP contribution in [0.2, 0.25) is 0 Å². The van der Waals surface area contributed by atoms with Gasteiger partial charge in [0, 0.05) is 108 Å². The van der Waals surface area contributed by atoms with E-state index in [1.165, 1.54) is 4.90 Å². The van der Waals surface area contributed by atoms with E-state index in [2.05, 4.69) is 47.3 Å². The van der Waals surface area contributed by atoms with E-state index in [1.807, 2.05) is 88.7 Å². The Morgan fingerprint density at radius 2 is 1.74 bits per heavy atom. The SMILES string of the molecule is CCc1cccc2cc(O)cc(-c3ncc4c(N5CC6CCC(C5)N6)nc(OCCN5CCC(F)(CN6CCN(c7cc(C(C(=O)N8C[C@H](O)C[C@H]8C(=O)NC(C)c8ccc(-c9scnc9C)cc8)C(C)C)on7)[C@H](C)C6)CC5)nc4c3F)c12. The van der Waals surface area contributed by atoms with Gasteiger partial charge in [0.25, 0.3) is 0 Å². The third-order valence-electron chi connectivity index (χ3n) is 18.1. The Kier molecular flexibility index (Phi) is 16.3. The number of amides is 2. The average Bonchev–Trinajstić information content (AvgIpc) is 1.55. The number of pyridine rings is 1. The molecule has 5 fully saturated rings. The van der Waals surface area contributed by atoms with E-state index in [0.717, 1.165) is 50.9 Å². The molecule has 0 aliphatic carbocycles. The number of ether oxygens (including phenoxy) is 1. The number of nitrogens with one attached hydrogen (secondary N) is 2. The van der Waals surface area contributed by atoms with Crippen LogP contribution in [0.3, 0.4) is 0 Å². The molecule has 444 valence electrons. The summed E-state index contributed by atoms with van der Waals surface area (Å²) < 4.78 is 46.2. The number of carbonyl (C=O) groups is 2. The summed E-state index contributed by atoms with van der Waals surface area (Å²) in [5.41, 5.74) is 5.11. The number of thiazole rings is 1. The number of piperidine rings is 1. The van der Waals surface area contributed by atoms with Crippen LogP contribution in [0, 0.1) is 18.7 Å². The van der Waals surface area contributed by atoms with Crippen molar-refractivity contribution in [1.82, 2.24) is 50.4 Å². The fraction of sp³-hybridized carbons (Fsp3) is 0.508. The molecule has 0 saturated carbocycles. The summed E-state index contributed by atoms with van der Waals surface area (Å²) in [6.07, 6.45) is 4.49. The van der Waals surface area contributed by atoms with Crippen LogP contribution in [0.4, 0.5) is 20.4 Å². The molecular formula is C63H76F2N12O6S. The van der Waals surface area contributed by atoms with Gasteiger partial charge < -0.3 is 44.8 Å². The molecule has 9 heterocycles. The van der Waals surface area contributed by atoms with Crippen LogP contribution in [-0.4, -0.2) is 170 Å². The Bertz CT molecular complexity index is 3530. The number of anilines is 2. The smallest absolute Gasteiger partial charge is 0.319 e. The number of carbonyl (C=O) groups excluding carboxylic acids is 2. The number of halogens is 2. The summed E-state index contributed by atoms with van der Waals surface area (Å²) in [7, 11) is 0. The number of aliphatic hydroxyl groups is 1. The second kappa shape index (κ2) is 23.9. The number of aromatic hydroxyl groups is 1. The minimum Gasteiger partial charge on any atom is -0.508 e. The van der Waals surface area contributed by atoms with Crippen molar-refractivity contribution < 1.29 is 37.8 Å². The highest BCUT2D eigenvalue weighted by Gasteiger charge is 2.45. The quantitative estimate of drug-likeness (QED) is 0.0675. The minimum absolute atomic E-state index is 0.0201. The van der Waals surface area contributed by atoms with Crippen LogP contribution < -0.4 is 25.2 Å². The van der Waals surface area contributed by atoms with Crippen molar-refractivity contribution in [2.75, 3.05) is 81.9 Å². The maximum Gasteiger partial charge on any atom is 0.319 e. The van der Waals surface area contributed by atoms with Gasteiger partial charge in [-0.05, 0) is 98.4 Å². The highest BCUT2D eigenvalue weighted by atomic mass is 32.1. The van der Waals surface area contributed by atoms with Crippen molar-refractivity contribution in [3.05, 3.63) is 101 Å². The average molecular weight is 1170 g/mol. The van der Waals surface area contributed by atoms with Gasteiger partial charge in [-0.1, -0.05) is 68.4 Å². The maximum absolute atomic E-state index is 17.2. The third kappa shape index (κ3) is 11.7. The molecule has 84 heavy (non-hydrogen) atoms. The molecule has 3 aromatic carbocycles. The van der Waals surface area contributed by atoms with Gasteiger partial charge in [-0.15, -0.1) is 11.3 Å². The first kappa shape index (κ1) is 57.5. The van der Waals surface area contributed by atoms with E-state index in [4.69, 9.17) is 24.2 Å². The highest BCUT2D eigenvalue weighted by Crippen LogP contribution is 2.40. The lowest BCUT2D eigenvalue weighted by Gasteiger charge is -2.44.